The molecular formula is C18H21NO3. The number of pyridine rings is 1. The molecule has 1 heterocycles. The fraction of sp³-hybridized carbons (Fsp3) is 0.333. The van der Waals surface area contributed by atoms with Crippen LogP contribution < -0.4 is 5.56 Å². The zero-order valence-electron chi connectivity index (χ0n) is 13.7. The van der Waals surface area contributed by atoms with E-state index in [0.717, 1.165) is 11.1 Å². The van der Waals surface area contributed by atoms with Crippen molar-refractivity contribution >= 4 is 5.97 Å². The second kappa shape index (κ2) is 6.18. The Hall–Kier alpha value is -2.36. The molecule has 0 radical (unpaired) electrons. The number of hydrogen-bond donors (Lipinski definition) is 0. The Bertz CT molecular complexity index is 788. The molecule has 0 spiro atoms. The first-order valence-corrected chi connectivity index (χ1v) is 7.19. The van der Waals surface area contributed by atoms with Crippen LogP contribution in [0.15, 0.2) is 29.1 Å². The van der Waals surface area contributed by atoms with E-state index in [4.69, 9.17) is 4.74 Å². The van der Waals surface area contributed by atoms with Crippen LogP contribution in [0.1, 0.15) is 38.3 Å². The standard InChI is InChI=1S/C18H21NO3/c1-11-6-7-14(12(2)8-11)10-16-15(18(21)22-5)9-13(3)17(20)19(16)4/h6-9H,10H2,1-5H3. The van der Waals surface area contributed by atoms with Crippen molar-refractivity contribution in [2.75, 3.05) is 7.11 Å². The Kier molecular flexibility index (Phi) is 4.50. The van der Waals surface area contributed by atoms with Crippen LogP contribution in [0.2, 0.25) is 0 Å². The van der Waals surface area contributed by atoms with Gasteiger partial charge < -0.3 is 9.30 Å². The molecular weight excluding hydrogens is 278 g/mol. The zero-order chi connectivity index (χ0) is 16.4. The Morgan fingerprint density at radius 2 is 1.82 bits per heavy atom. The SMILES string of the molecule is COC(=O)c1cc(C)c(=O)n(C)c1Cc1ccc(C)cc1C. The van der Waals surface area contributed by atoms with E-state index in [9.17, 15) is 9.59 Å². The van der Waals surface area contributed by atoms with Gasteiger partial charge in [-0.3, -0.25) is 4.79 Å². The average molecular weight is 299 g/mol. The number of carbonyl (C=O) groups is 1. The van der Waals surface area contributed by atoms with Crippen LogP contribution in [0.3, 0.4) is 0 Å². The molecule has 1 aromatic carbocycles. The molecule has 0 atom stereocenters. The lowest BCUT2D eigenvalue weighted by Gasteiger charge is -2.15. The molecule has 0 amide bonds. The molecule has 0 fully saturated rings. The third-order valence-electron chi connectivity index (χ3n) is 3.98. The molecule has 0 N–H and O–H groups in total. The first-order chi connectivity index (χ1) is 10.3. The van der Waals surface area contributed by atoms with Crippen molar-refractivity contribution in [1.29, 1.82) is 0 Å². The number of ether oxygens (including phenoxy) is 1. The quantitative estimate of drug-likeness (QED) is 0.819. The lowest BCUT2D eigenvalue weighted by molar-refractivity contribution is 0.0598. The smallest absolute Gasteiger partial charge is 0.339 e. The highest BCUT2D eigenvalue weighted by molar-refractivity contribution is 5.90. The third kappa shape index (κ3) is 2.96. The van der Waals surface area contributed by atoms with Gasteiger partial charge in [-0.15, -0.1) is 0 Å². The largest absolute Gasteiger partial charge is 0.465 e. The summed E-state index contributed by atoms with van der Waals surface area (Å²) < 4.78 is 6.40. The molecule has 0 unspecified atom stereocenters. The summed E-state index contributed by atoms with van der Waals surface area (Å²) in [6.45, 7) is 5.78. The highest BCUT2D eigenvalue weighted by Crippen LogP contribution is 2.18. The number of benzene rings is 1. The number of nitrogens with zero attached hydrogens (tertiary/aromatic N) is 1. The molecule has 0 saturated heterocycles. The summed E-state index contributed by atoms with van der Waals surface area (Å²) in [7, 11) is 3.05. The number of aromatic nitrogens is 1. The predicted octanol–water partition coefficient (Wildman–Crippen LogP) is 2.69. The summed E-state index contributed by atoms with van der Waals surface area (Å²) in [5.41, 5.74) is 4.99. The van der Waals surface area contributed by atoms with E-state index in [2.05, 4.69) is 6.07 Å². The number of esters is 1. The first kappa shape index (κ1) is 16.0. The van der Waals surface area contributed by atoms with Crippen LogP contribution in [0.4, 0.5) is 0 Å². The Morgan fingerprint density at radius 1 is 1.14 bits per heavy atom. The number of aryl methyl sites for hydroxylation is 3. The van der Waals surface area contributed by atoms with Crippen molar-refractivity contribution in [2.45, 2.75) is 27.2 Å². The second-order valence-corrected chi connectivity index (χ2v) is 5.65. The topological polar surface area (TPSA) is 48.3 Å². The molecule has 22 heavy (non-hydrogen) atoms. The average Bonchev–Trinajstić information content (AvgIpc) is 2.49. The monoisotopic (exact) mass is 299 g/mol. The molecule has 0 saturated carbocycles. The summed E-state index contributed by atoms with van der Waals surface area (Å²) in [5, 5.41) is 0. The minimum absolute atomic E-state index is 0.0904. The molecule has 4 heteroatoms. The van der Waals surface area contributed by atoms with Crippen molar-refractivity contribution in [3.8, 4) is 0 Å². The predicted molar refractivity (Wildman–Crippen MR) is 86.5 cm³/mol. The first-order valence-electron chi connectivity index (χ1n) is 7.19. The van der Waals surface area contributed by atoms with E-state index in [1.54, 1.807) is 24.6 Å². The van der Waals surface area contributed by atoms with Crippen LogP contribution >= 0.6 is 0 Å². The summed E-state index contributed by atoms with van der Waals surface area (Å²) in [4.78, 5) is 24.2. The number of methoxy groups -OCH3 is 1. The van der Waals surface area contributed by atoms with Gasteiger partial charge in [0, 0.05) is 24.7 Å². The van der Waals surface area contributed by atoms with Gasteiger partial charge in [-0.25, -0.2) is 4.79 Å². The van der Waals surface area contributed by atoms with Crippen LogP contribution in [-0.4, -0.2) is 17.6 Å². The third-order valence-corrected chi connectivity index (χ3v) is 3.98. The minimum Gasteiger partial charge on any atom is -0.465 e. The highest BCUT2D eigenvalue weighted by Gasteiger charge is 2.18. The van der Waals surface area contributed by atoms with Gasteiger partial charge in [0.05, 0.1) is 12.7 Å². The van der Waals surface area contributed by atoms with E-state index in [1.807, 2.05) is 26.0 Å². The van der Waals surface area contributed by atoms with E-state index < -0.39 is 5.97 Å². The summed E-state index contributed by atoms with van der Waals surface area (Å²) in [6.07, 6.45) is 0.516. The van der Waals surface area contributed by atoms with E-state index >= 15 is 0 Å². The second-order valence-electron chi connectivity index (χ2n) is 5.65. The van der Waals surface area contributed by atoms with E-state index in [1.165, 1.54) is 12.7 Å². The lowest BCUT2D eigenvalue weighted by Crippen LogP contribution is -2.26. The lowest BCUT2D eigenvalue weighted by atomic mass is 9.98. The summed E-state index contributed by atoms with van der Waals surface area (Å²) in [5.74, 6) is -0.418. The van der Waals surface area contributed by atoms with Gasteiger partial charge in [0.15, 0.2) is 0 Å². The Labute approximate surface area is 130 Å². The van der Waals surface area contributed by atoms with Crippen LogP contribution in [0.5, 0.6) is 0 Å². The van der Waals surface area contributed by atoms with Crippen LogP contribution in [0, 0.1) is 20.8 Å². The van der Waals surface area contributed by atoms with Crippen molar-refractivity contribution in [3.63, 3.8) is 0 Å². The highest BCUT2D eigenvalue weighted by atomic mass is 16.5. The maximum atomic E-state index is 12.2. The number of rotatable bonds is 3. The van der Waals surface area contributed by atoms with Crippen molar-refractivity contribution in [1.82, 2.24) is 4.57 Å². The van der Waals surface area contributed by atoms with Gasteiger partial charge in [0.2, 0.25) is 0 Å². The fourth-order valence-corrected chi connectivity index (χ4v) is 2.65. The Morgan fingerprint density at radius 3 is 2.41 bits per heavy atom. The molecule has 2 aromatic rings. The minimum atomic E-state index is -0.418. The normalized spacial score (nSPS) is 10.6. The molecule has 0 aliphatic rings. The number of carbonyl (C=O) groups excluding carboxylic acids is 1. The molecule has 4 nitrogen and oxygen atoms in total. The van der Waals surface area contributed by atoms with Crippen LogP contribution in [0.25, 0.3) is 0 Å². The van der Waals surface area contributed by atoms with Crippen molar-refractivity contribution in [2.24, 2.45) is 7.05 Å². The van der Waals surface area contributed by atoms with Gasteiger partial charge in [0.25, 0.3) is 5.56 Å². The van der Waals surface area contributed by atoms with Gasteiger partial charge >= 0.3 is 5.97 Å². The van der Waals surface area contributed by atoms with Gasteiger partial charge in [-0.1, -0.05) is 23.8 Å². The molecule has 0 aliphatic heterocycles. The van der Waals surface area contributed by atoms with Crippen molar-refractivity contribution in [3.05, 3.63) is 68.1 Å². The maximum Gasteiger partial charge on any atom is 0.339 e. The summed E-state index contributed by atoms with van der Waals surface area (Å²) in [6, 6.07) is 7.79. The molecule has 0 bridgehead atoms. The Balaban J connectivity index is 2.60. The summed E-state index contributed by atoms with van der Waals surface area (Å²) >= 11 is 0. The van der Waals surface area contributed by atoms with E-state index in [0.29, 0.717) is 23.2 Å². The maximum absolute atomic E-state index is 12.2. The number of hydrogen-bond acceptors (Lipinski definition) is 3. The van der Waals surface area contributed by atoms with Gasteiger partial charge in [-0.05, 0) is 38.0 Å². The zero-order valence-corrected chi connectivity index (χ0v) is 13.7. The van der Waals surface area contributed by atoms with Crippen molar-refractivity contribution < 1.29 is 9.53 Å². The molecule has 116 valence electrons. The molecule has 0 aliphatic carbocycles. The fourth-order valence-electron chi connectivity index (χ4n) is 2.65. The molecule has 2 rings (SSSR count). The van der Waals surface area contributed by atoms with Gasteiger partial charge in [-0.2, -0.15) is 0 Å². The van der Waals surface area contributed by atoms with Gasteiger partial charge in [0.1, 0.15) is 0 Å². The van der Waals surface area contributed by atoms with Crippen LogP contribution in [-0.2, 0) is 18.2 Å². The van der Waals surface area contributed by atoms with E-state index in [-0.39, 0.29) is 5.56 Å². The molecule has 1 aromatic heterocycles.